The van der Waals surface area contributed by atoms with Crippen molar-refractivity contribution in [3.05, 3.63) is 24.3 Å². The van der Waals surface area contributed by atoms with E-state index in [1.165, 1.54) is 57.4 Å². The zero-order chi connectivity index (χ0) is 13.8. The standard InChI is InChI=1S/C17H26N2O/c1-20-17-8-4-7-16(11-17)19-10-9-14(13-19)12-18-15-5-2-3-6-15/h4,7-8,11,14-15,18H,2-3,5-6,9-10,12-13H2,1H3/t14-/m0/s1. The largest absolute Gasteiger partial charge is 0.497 e. The molecule has 1 aliphatic heterocycles. The first-order chi connectivity index (χ1) is 9.85. The fraction of sp³-hybridized carbons (Fsp3) is 0.647. The Morgan fingerprint density at radius 1 is 1.25 bits per heavy atom. The maximum absolute atomic E-state index is 5.32. The highest BCUT2D eigenvalue weighted by atomic mass is 16.5. The molecule has 1 saturated heterocycles. The highest BCUT2D eigenvalue weighted by Crippen LogP contribution is 2.27. The molecule has 3 rings (SSSR count). The Kier molecular flexibility index (Phi) is 4.46. The van der Waals surface area contributed by atoms with Crippen LogP contribution in [0.4, 0.5) is 5.69 Å². The Bertz CT molecular complexity index is 429. The van der Waals surface area contributed by atoms with E-state index in [-0.39, 0.29) is 0 Å². The third-order valence-electron chi connectivity index (χ3n) is 4.75. The van der Waals surface area contributed by atoms with Crippen LogP contribution in [0.25, 0.3) is 0 Å². The molecule has 2 aliphatic rings. The second-order valence-corrected chi connectivity index (χ2v) is 6.19. The van der Waals surface area contributed by atoms with Crippen molar-refractivity contribution in [2.45, 2.75) is 38.1 Å². The molecule has 0 amide bonds. The molecule has 20 heavy (non-hydrogen) atoms. The summed E-state index contributed by atoms with van der Waals surface area (Å²) in [6.07, 6.45) is 6.89. The fourth-order valence-corrected chi connectivity index (χ4v) is 3.50. The van der Waals surface area contributed by atoms with Crippen molar-refractivity contribution < 1.29 is 4.74 Å². The molecule has 110 valence electrons. The van der Waals surface area contributed by atoms with Crippen molar-refractivity contribution in [3.8, 4) is 5.75 Å². The van der Waals surface area contributed by atoms with Gasteiger partial charge in [-0.3, -0.25) is 0 Å². The van der Waals surface area contributed by atoms with Gasteiger partial charge >= 0.3 is 0 Å². The first kappa shape index (κ1) is 13.7. The van der Waals surface area contributed by atoms with E-state index in [0.29, 0.717) is 0 Å². The number of hydrogen-bond donors (Lipinski definition) is 1. The Morgan fingerprint density at radius 3 is 2.90 bits per heavy atom. The van der Waals surface area contributed by atoms with Crippen LogP contribution in [-0.4, -0.2) is 32.8 Å². The predicted octanol–water partition coefficient (Wildman–Crippen LogP) is 3.05. The van der Waals surface area contributed by atoms with Crippen molar-refractivity contribution in [2.24, 2.45) is 5.92 Å². The Hall–Kier alpha value is -1.22. The van der Waals surface area contributed by atoms with Gasteiger partial charge in [0.1, 0.15) is 5.75 Å². The smallest absolute Gasteiger partial charge is 0.120 e. The van der Waals surface area contributed by atoms with Gasteiger partial charge in [0.15, 0.2) is 0 Å². The van der Waals surface area contributed by atoms with Gasteiger partial charge in [0, 0.05) is 30.9 Å². The van der Waals surface area contributed by atoms with Crippen molar-refractivity contribution >= 4 is 5.69 Å². The summed E-state index contributed by atoms with van der Waals surface area (Å²) in [6, 6.07) is 9.22. The van der Waals surface area contributed by atoms with Gasteiger partial charge in [-0.05, 0) is 43.9 Å². The molecule has 2 fully saturated rings. The summed E-state index contributed by atoms with van der Waals surface area (Å²) in [5, 5.41) is 3.77. The van der Waals surface area contributed by atoms with Crippen molar-refractivity contribution in [2.75, 3.05) is 31.6 Å². The van der Waals surface area contributed by atoms with E-state index in [1.807, 2.05) is 6.07 Å². The number of rotatable bonds is 5. The predicted molar refractivity (Wildman–Crippen MR) is 83.6 cm³/mol. The molecule has 1 atom stereocenters. The maximum Gasteiger partial charge on any atom is 0.120 e. The highest BCUT2D eigenvalue weighted by Gasteiger charge is 2.24. The monoisotopic (exact) mass is 274 g/mol. The summed E-state index contributed by atoms with van der Waals surface area (Å²) in [5.41, 5.74) is 1.30. The second-order valence-electron chi connectivity index (χ2n) is 6.19. The fourth-order valence-electron chi connectivity index (χ4n) is 3.50. The molecule has 3 heteroatoms. The average Bonchev–Trinajstić information content (AvgIpc) is 3.16. The highest BCUT2D eigenvalue weighted by molar-refractivity contribution is 5.51. The molecule has 0 aromatic heterocycles. The molecular weight excluding hydrogens is 248 g/mol. The number of ether oxygens (including phenoxy) is 1. The molecule has 0 unspecified atom stereocenters. The summed E-state index contributed by atoms with van der Waals surface area (Å²) in [7, 11) is 1.73. The number of anilines is 1. The zero-order valence-corrected chi connectivity index (χ0v) is 12.5. The van der Waals surface area contributed by atoms with Gasteiger partial charge in [0.2, 0.25) is 0 Å². The number of methoxy groups -OCH3 is 1. The summed E-state index contributed by atoms with van der Waals surface area (Å²) in [4.78, 5) is 2.49. The number of benzene rings is 1. The number of nitrogens with one attached hydrogen (secondary N) is 1. The lowest BCUT2D eigenvalue weighted by molar-refractivity contribution is 0.415. The van der Waals surface area contributed by atoms with Crippen LogP contribution >= 0.6 is 0 Å². The third-order valence-corrected chi connectivity index (χ3v) is 4.75. The lowest BCUT2D eigenvalue weighted by atomic mass is 10.1. The Morgan fingerprint density at radius 2 is 2.10 bits per heavy atom. The minimum atomic E-state index is 0.792. The van der Waals surface area contributed by atoms with Gasteiger partial charge in [-0.1, -0.05) is 18.9 Å². The van der Waals surface area contributed by atoms with Crippen LogP contribution in [0.15, 0.2) is 24.3 Å². The van der Waals surface area contributed by atoms with Crippen LogP contribution in [0, 0.1) is 5.92 Å². The average molecular weight is 274 g/mol. The van der Waals surface area contributed by atoms with Gasteiger partial charge in [0.05, 0.1) is 7.11 Å². The second kappa shape index (κ2) is 6.49. The summed E-state index contributed by atoms with van der Waals surface area (Å²) in [6.45, 7) is 3.53. The maximum atomic E-state index is 5.32. The molecule has 1 saturated carbocycles. The number of nitrogens with zero attached hydrogens (tertiary/aromatic N) is 1. The van der Waals surface area contributed by atoms with E-state index in [0.717, 1.165) is 17.7 Å². The summed E-state index contributed by atoms with van der Waals surface area (Å²) < 4.78 is 5.32. The van der Waals surface area contributed by atoms with Crippen LogP contribution < -0.4 is 15.0 Å². The van der Waals surface area contributed by atoms with E-state index in [4.69, 9.17) is 4.74 Å². The van der Waals surface area contributed by atoms with E-state index < -0.39 is 0 Å². The van der Waals surface area contributed by atoms with E-state index in [9.17, 15) is 0 Å². The molecule has 0 radical (unpaired) electrons. The molecule has 0 spiro atoms. The first-order valence-electron chi connectivity index (χ1n) is 7.97. The van der Waals surface area contributed by atoms with Crippen LogP contribution in [0.1, 0.15) is 32.1 Å². The SMILES string of the molecule is COc1cccc(N2CC[C@@H](CNC3CCCC3)C2)c1. The van der Waals surface area contributed by atoms with Gasteiger partial charge in [0.25, 0.3) is 0 Å². The Balaban J connectivity index is 1.50. The number of hydrogen-bond acceptors (Lipinski definition) is 3. The third kappa shape index (κ3) is 3.26. The lowest BCUT2D eigenvalue weighted by Crippen LogP contribution is -2.32. The summed E-state index contributed by atoms with van der Waals surface area (Å²) >= 11 is 0. The van der Waals surface area contributed by atoms with Crippen molar-refractivity contribution in [1.82, 2.24) is 5.32 Å². The quantitative estimate of drug-likeness (QED) is 0.893. The van der Waals surface area contributed by atoms with Gasteiger partial charge in [-0.15, -0.1) is 0 Å². The van der Waals surface area contributed by atoms with Crippen LogP contribution in [0.5, 0.6) is 5.75 Å². The lowest BCUT2D eigenvalue weighted by Gasteiger charge is -2.20. The Labute approximate surface area is 122 Å². The van der Waals surface area contributed by atoms with Crippen LogP contribution in [-0.2, 0) is 0 Å². The van der Waals surface area contributed by atoms with Crippen LogP contribution in [0.2, 0.25) is 0 Å². The molecular formula is C17H26N2O. The normalized spacial score (nSPS) is 23.4. The van der Waals surface area contributed by atoms with Gasteiger partial charge < -0.3 is 15.0 Å². The molecule has 1 N–H and O–H groups in total. The van der Waals surface area contributed by atoms with Crippen LogP contribution in [0.3, 0.4) is 0 Å². The molecule has 3 nitrogen and oxygen atoms in total. The summed E-state index contributed by atoms with van der Waals surface area (Å²) in [5.74, 6) is 1.75. The topological polar surface area (TPSA) is 24.5 Å². The van der Waals surface area contributed by atoms with Crippen molar-refractivity contribution in [3.63, 3.8) is 0 Å². The van der Waals surface area contributed by atoms with Gasteiger partial charge in [-0.25, -0.2) is 0 Å². The van der Waals surface area contributed by atoms with Gasteiger partial charge in [-0.2, -0.15) is 0 Å². The molecule has 1 aliphatic carbocycles. The van der Waals surface area contributed by atoms with E-state index in [1.54, 1.807) is 7.11 Å². The molecule has 1 aromatic carbocycles. The molecule has 0 bridgehead atoms. The van der Waals surface area contributed by atoms with E-state index >= 15 is 0 Å². The minimum Gasteiger partial charge on any atom is -0.497 e. The minimum absolute atomic E-state index is 0.792. The molecule has 1 aromatic rings. The zero-order valence-electron chi connectivity index (χ0n) is 12.5. The molecule has 1 heterocycles. The first-order valence-corrected chi connectivity index (χ1v) is 7.97. The van der Waals surface area contributed by atoms with E-state index in [2.05, 4.69) is 28.4 Å². The van der Waals surface area contributed by atoms with Crippen molar-refractivity contribution in [1.29, 1.82) is 0 Å².